The second kappa shape index (κ2) is 8.76. The molecule has 0 spiro atoms. The smallest absolute Gasteiger partial charge is 0.219 e. The van der Waals surface area contributed by atoms with Gasteiger partial charge in [-0.3, -0.25) is 10.7 Å². The Morgan fingerprint density at radius 3 is 2.45 bits per heavy atom. The van der Waals surface area contributed by atoms with Gasteiger partial charge in [0.15, 0.2) is 5.84 Å². The lowest BCUT2D eigenvalue weighted by molar-refractivity contribution is 0.235. The van der Waals surface area contributed by atoms with Crippen LogP contribution in [0, 0.1) is 0 Å². The fraction of sp³-hybridized carbons (Fsp3) is 0.111. The average Bonchev–Trinajstić information content (AvgIpc) is 3.21. The number of benzene rings is 3. The number of ether oxygens (including phenoxy) is 1. The van der Waals surface area contributed by atoms with E-state index >= 15 is 0 Å². The molecule has 0 atom stereocenters. The number of amidine groups is 1. The number of furan rings is 1. The predicted molar refractivity (Wildman–Crippen MR) is 130 cm³/mol. The topological polar surface area (TPSA) is 79.9 Å². The van der Waals surface area contributed by atoms with Crippen LogP contribution in [-0.4, -0.2) is 16.0 Å². The van der Waals surface area contributed by atoms with E-state index in [4.69, 9.17) is 9.15 Å². The summed E-state index contributed by atoms with van der Waals surface area (Å²) >= 11 is 0. The molecule has 2 aromatic heterocycles. The molecule has 3 aromatic carbocycles. The summed E-state index contributed by atoms with van der Waals surface area (Å²) in [5.74, 6) is 1.85. The highest BCUT2D eigenvalue weighted by Crippen LogP contribution is 2.32. The van der Waals surface area contributed by atoms with E-state index in [1.54, 1.807) is 18.3 Å². The molecular formula is C27H23N3O3. The second-order valence-electron chi connectivity index (χ2n) is 8.06. The molecule has 0 saturated carbocycles. The van der Waals surface area contributed by atoms with Crippen molar-refractivity contribution >= 4 is 33.5 Å². The third-order valence-corrected chi connectivity index (χ3v) is 5.49. The molecule has 6 nitrogen and oxygen atoms in total. The Hall–Kier alpha value is -4.16. The summed E-state index contributed by atoms with van der Waals surface area (Å²) < 4.78 is 11.8. The third kappa shape index (κ3) is 4.29. The SMILES string of the molecule is CC(C)c1ccc(N=C(NO)c2ccc(Oc3ccc4oc5ccccc5c4c3)nc2)cc1. The van der Waals surface area contributed by atoms with E-state index in [0.29, 0.717) is 28.9 Å². The predicted octanol–water partition coefficient (Wildman–Crippen LogP) is 6.95. The zero-order valence-corrected chi connectivity index (χ0v) is 18.3. The molecule has 5 rings (SSSR count). The molecule has 33 heavy (non-hydrogen) atoms. The Balaban J connectivity index is 1.36. The molecule has 0 fully saturated rings. The van der Waals surface area contributed by atoms with Gasteiger partial charge in [0.1, 0.15) is 16.9 Å². The highest BCUT2D eigenvalue weighted by molar-refractivity contribution is 6.05. The molecule has 0 bridgehead atoms. The van der Waals surface area contributed by atoms with Crippen LogP contribution in [-0.2, 0) is 0 Å². The fourth-order valence-corrected chi connectivity index (χ4v) is 3.69. The Kier molecular flexibility index (Phi) is 5.50. The van der Waals surface area contributed by atoms with Gasteiger partial charge < -0.3 is 9.15 Å². The Morgan fingerprint density at radius 1 is 0.939 bits per heavy atom. The summed E-state index contributed by atoms with van der Waals surface area (Å²) in [6.45, 7) is 4.29. The van der Waals surface area contributed by atoms with Crippen LogP contribution < -0.4 is 10.2 Å². The monoisotopic (exact) mass is 437 g/mol. The largest absolute Gasteiger partial charge is 0.456 e. The van der Waals surface area contributed by atoms with Gasteiger partial charge in [-0.25, -0.2) is 9.98 Å². The van der Waals surface area contributed by atoms with Gasteiger partial charge in [-0.2, -0.15) is 0 Å². The van der Waals surface area contributed by atoms with Gasteiger partial charge in [-0.1, -0.05) is 44.2 Å². The van der Waals surface area contributed by atoms with Crippen LogP contribution in [0.3, 0.4) is 0 Å². The van der Waals surface area contributed by atoms with Crippen molar-refractivity contribution in [2.45, 2.75) is 19.8 Å². The number of hydrogen-bond acceptors (Lipinski definition) is 5. The molecule has 2 N–H and O–H groups in total. The van der Waals surface area contributed by atoms with E-state index in [-0.39, 0.29) is 0 Å². The maximum Gasteiger partial charge on any atom is 0.219 e. The maximum absolute atomic E-state index is 9.61. The molecule has 164 valence electrons. The van der Waals surface area contributed by atoms with Crippen molar-refractivity contribution in [1.29, 1.82) is 0 Å². The number of aromatic nitrogens is 1. The van der Waals surface area contributed by atoms with Crippen LogP contribution >= 0.6 is 0 Å². The fourth-order valence-electron chi connectivity index (χ4n) is 3.69. The van der Waals surface area contributed by atoms with E-state index in [1.807, 2.05) is 66.7 Å². The number of nitrogens with one attached hydrogen (secondary N) is 1. The van der Waals surface area contributed by atoms with E-state index < -0.39 is 0 Å². The molecule has 0 radical (unpaired) electrons. The van der Waals surface area contributed by atoms with E-state index in [0.717, 1.165) is 27.6 Å². The standard InChI is InChI=1S/C27H23N3O3/c1-17(2)18-7-10-20(11-8-18)29-27(30-31)19-9-14-26(28-16-19)32-21-12-13-25-23(15-21)22-5-3-4-6-24(22)33-25/h3-17,31H,1-2H3,(H,29,30). The first-order chi connectivity index (χ1) is 16.1. The number of fused-ring (bicyclic) bond motifs is 3. The normalized spacial score (nSPS) is 11.9. The number of pyridine rings is 1. The Bertz CT molecular complexity index is 1440. The van der Waals surface area contributed by atoms with Crippen molar-refractivity contribution in [2.24, 2.45) is 4.99 Å². The molecule has 0 unspecified atom stereocenters. The Morgan fingerprint density at radius 2 is 1.73 bits per heavy atom. The van der Waals surface area contributed by atoms with Crippen molar-refractivity contribution in [3.63, 3.8) is 0 Å². The summed E-state index contributed by atoms with van der Waals surface area (Å²) in [7, 11) is 0. The number of nitrogens with zero attached hydrogens (tertiary/aromatic N) is 2. The van der Waals surface area contributed by atoms with Crippen molar-refractivity contribution < 1.29 is 14.4 Å². The first-order valence-electron chi connectivity index (χ1n) is 10.7. The van der Waals surface area contributed by atoms with Crippen LogP contribution in [0.4, 0.5) is 5.69 Å². The van der Waals surface area contributed by atoms with Gasteiger partial charge in [0.2, 0.25) is 5.88 Å². The molecule has 0 aliphatic carbocycles. The third-order valence-electron chi connectivity index (χ3n) is 5.49. The van der Waals surface area contributed by atoms with Crippen LogP contribution in [0.1, 0.15) is 30.9 Å². The molecule has 6 heteroatoms. The summed E-state index contributed by atoms with van der Waals surface area (Å²) in [5, 5.41) is 11.6. The van der Waals surface area contributed by atoms with Crippen molar-refractivity contribution in [3.05, 3.63) is 96.2 Å². The lowest BCUT2D eigenvalue weighted by Gasteiger charge is -2.08. The van der Waals surface area contributed by atoms with Gasteiger partial charge >= 0.3 is 0 Å². The first-order valence-corrected chi connectivity index (χ1v) is 10.7. The molecule has 0 aliphatic heterocycles. The average molecular weight is 437 g/mol. The number of hydroxylamine groups is 1. The minimum Gasteiger partial charge on any atom is -0.456 e. The van der Waals surface area contributed by atoms with Crippen LogP contribution in [0.2, 0.25) is 0 Å². The number of aliphatic imine (C=N–C) groups is 1. The maximum atomic E-state index is 9.61. The second-order valence-corrected chi connectivity index (χ2v) is 8.06. The van der Waals surface area contributed by atoms with Gasteiger partial charge in [0.05, 0.1) is 5.69 Å². The van der Waals surface area contributed by atoms with E-state index in [1.165, 1.54) is 5.56 Å². The summed E-state index contributed by atoms with van der Waals surface area (Å²) in [4.78, 5) is 8.86. The molecule has 0 amide bonds. The quantitative estimate of drug-likeness (QED) is 0.177. The summed E-state index contributed by atoms with van der Waals surface area (Å²) in [6, 6.07) is 25.0. The highest BCUT2D eigenvalue weighted by Gasteiger charge is 2.09. The minimum absolute atomic E-state index is 0.303. The minimum atomic E-state index is 0.303. The lowest BCUT2D eigenvalue weighted by Crippen LogP contribution is -2.20. The number of hydrogen-bond donors (Lipinski definition) is 2. The molecule has 5 aromatic rings. The van der Waals surface area contributed by atoms with Crippen molar-refractivity contribution in [3.8, 4) is 11.6 Å². The lowest BCUT2D eigenvalue weighted by atomic mass is 10.0. The summed E-state index contributed by atoms with van der Waals surface area (Å²) in [6.07, 6.45) is 1.60. The van der Waals surface area contributed by atoms with Crippen LogP contribution in [0.15, 0.2) is 94.5 Å². The number of para-hydroxylation sites is 1. The highest BCUT2D eigenvalue weighted by atomic mass is 16.5. The van der Waals surface area contributed by atoms with Gasteiger partial charge in [-0.15, -0.1) is 0 Å². The number of rotatable bonds is 5. The Labute approximate surface area is 191 Å². The molecule has 0 saturated heterocycles. The van der Waals surface area contributed by atoms with Crippen molar-refractivity contribution in [2.75, 3.05) is 0 Å². The van der Waals surface area contributed by atoms with Crippen LogP contribution in [0.5, 0.6) is 11.6 Å². The van der Waals surface area contributed by atoms with Crippen molar-refractivity contribution in [1.82, 2.24) is 10.5 Å². The molecule has 2 heterocycles. The van der Waals surface area contributed by atoms with Gasteiger partial charge in [0.25, 0.3) is 0 Å². The van der Waals surface area contributed by atoms with E-state index in [9.17, 15) is 5.21 Å². The summed E-state index contributed by atoms with van der Waals surface area (Å²) in [5.41, 5.74) is 6.42. The van der Waals surface area contributed by atoms with Crippen LogP contribution in [0.25, 0.3) is 21.9 Å². The van der Waals surface area contributed by atoms with E-state index in [2.05, 4.69) is 29.3 Å². The van der Waals surface area contributed by atoms with Gasteiger partial charge in [0, 0.05) is 28.6 Å². The molecule has 0 aliphatic rings. The molecular weight excluding hydrogens is 414 g/mol. The first kappa shape index (κ1) is 20.7. The van der Waals surface area contributed by atoms with Gasteiger partial charge in [-0.05, 0) is 53.9 Å². The zero-order chi connectivity index (χ0) is 22.8. The zero-order valence-electron chi connectivity index (χ0n) is 18.3.